The third-order valence-corrected chi connectivity index (χ3v) is 2.06. The van der Waals surface area contributed by atoms with Crippen molar-refractivity contribution < 1.29 is 4.58 Å². The minimum atomic E-state index is 0.551. The topological polar surface area (TPSA) is 15.0 Å². The highest BCUT2D eigenvalue weighted by atomic mass is 15.3. The Labute approximate surface area is 69.3 Å². The van der Waals surface area contributed by atoms with Gasteiger partial charge in [-0.05, 0) is 27.7 Å². The zero-order valence-electron chi connectivity index (χ0n) is 8.18. The van der Waals surface area contributed by atoms with Crippen molar-refractivity contribution in [1.29, 1.82) is 0 Å². The SMILES string of the molecule is CC1=[N+](C(C)C)C1NC(C)C. The van der Waals surface area contributed by atoms with Crippen LogP contribution in [-0.2, 0) is 0 Å². The Balaban J connectivity index is 2.37. The van der Waals surface area contributed by atoms with Crippen molar-refractivity contribution >= 4 is 5.71 Å². The lowest BCUT2D eigenvalue weighted by atomic mass is 10.3. The van der Waals surface area contributed by atoms with Crippen molar-refractivity contribution in [2.24, 2.45) is 0 Å². The molecule has 0 radical (unpaired) electrons. The van der Waals surface area contributed by atoms with Crippen LogP contribution in [-0.4, -0.2) is 28.5 Å². The third kappa shape index (κ3) is 1.80. The van der Waals surface area contributed by atoms with Crippen LogP contribution in [0.5, 0.6) is 0 Å². The van der Waals surface area contributed by atoms with Gasteiger partial charge in [0.05, 0.1) is 0 Å². The van der Waals surface area contributed by atoms with E-state index >= 15 is 0 Å². The summed E-state index contributed by atoms with van der Waals surface area (Å²) in [5.74, 6) is 0. The fourth-order valence-electron chi connectivity index (χ4n) is 1.53. The highest BCUT2D eigenvalue weighted by molar-refractivity contribution is 5.88. The third-order valence-electron chi connectivity index (χ3n) is 2.06. The zero-order valence-corrected chi connectivity index (χ0v) is 8.18. The second kappa shape index (κ2) is 2.94. The molecule has 2 nitrogen and oxygen atoms in total. The Morgan fingerprint density at radius 2 is 1.82 bits per heavy atom. The Morgan fingerprint density at radius 1 is 1.27 bits per heavy atom. The van der Waals surface area contributed by atoms with Crippen LogP contribution in [0.2, 0.25) is 0 Å². The first-order valence-corrected chi connectivity index (χ1v) is 4.42. The van der Waals surface area contributed by atoms with E-state index in [-0.39, 0.29) is 0 Å². The van der Waals surface area contributed by atoms with Crippen LogP contribution in [0.25, 0.3) is 0 Å². The van der Waals surface area contributed by atoms with Gasteiger partial charge in [0.1, 0.15) is 6.04 Å². The zero-order chi connectivity index (χ0) is 8.59. The van der Waals surface area contributed by atoms with E-state index in [9.17, 15) is 0 Å². The molecular weight excluding hydrogens is 136 g/mol. The molecule has 1 atom stereocenters. The molecule has 64 valence electrons. The van der Waals surface area contributed by atoms with Gasteiger partial charge in [0.2, 0.25) is 5.71 Å². The molecule has 0 amide bonds. The van der Waals surface area contributed by atoms with E-state index in [1.807, 2.05) is 0 Å². The maximum atomic E-state index is 3.49. The van der Waals surface area contributed by atoms with Gasteiger partial charge < -0.3 is 0 Å². The molecule has 2 heteroatoms. The largest absolute Gasteiger partial charge is 0.287 e. The lowest BCUT2D eigenvalue weighted by Gasteiger charge is -2.03. The van der Waals surface area contributed by atoms with Crippen LogP contribution in [0, 0.1) is 0 Å². The van der Waals surface area contributed by atoms with Crippen molar-refractivity contribution in [1.82, 2.24) is 5.32 Å². The summed E-state index contributed by atoms with van der Waals surface area (Å²) in [4.78, 5) is 0. The smallest absolute Gasteiger partial charge is 0.248 e. The lowest BCUT2D eigenvalue weighted by molar-refractivity contribution is -0.509. The summed E-state index contributed by atoms with van der Waals surface area (Å²) in [7, 11) is 0. The number of rotatable bonds is 3. The molecule has 1 N–H and O–H groups in total. The average Bonchev–Trinajstić information content (AvgIpc) is 2.40. The first-order valence-electron chi connectivity index (χ1n) is 4.42. The molecule has 0 bridgehead atoms. The normalized spacial score (nSPS) is 23.7. The Bertz CT molecular complexity index is 180. The Morgan fingerprint density at radius 3 is 2.09 bits per heavy atom. The van der Waals surface area contributed by atoms with E-state index in [4.69, 9.17) is 0 Å². The fraction of sp³-hybridized carbons (Fsp3) is 0.889. The number of nitrogens with one attached hydrogen (secondary N) is 1. The maximum Gasteiger partial charge on any atom is 0.287 e. The van der Waals surface area contributed by atoms with Gasteiger partial charge in [0.15, 0.2) is 0 Å². The summed E-state index contributed by atoms with van der Waals surface area (Å²) >= 11 is 0. The van der Waals surface area contributed by atoms with Gasteiger partial charge in [-0.2, -0.15) is 0 Å². The van der Waals surface area contributed by atoms with E-state index in [1.54, 1.807) is 0 Å². The predicted octanol–water partition coefficient (Wildman–Crippen LogP) is 1.21. The monoisotopic (exact) mass is 155 g/mol. The molecule has 1 rings (SSSR count). The Hall–Kier alpha value is -0.370. The van der Waals surface area contributed by atoms with Crippen molar-refractivity contribution in [3.05, 3.63) is 0 Å². The van der Waals surface area contributed by atoms with Crippen LogP contribution in [0.4, 0.5) is 0 Å². The molecule has 0 aromatic heterocycles. The van der Waals surface area contributed by atoms with Gasteiger partial charge in [-0.15, -0.1) is 0 Å². The molecule has 1 unspecified atom stereocenters. The van der Waals surface area contributed by atoms with Crippen molar-refractivity contribution in [2.45, 2.75) is 52.9 Å². The maximum absolute atomic E-state index is 3.49. The number of hydrogen-bond acceptors (Lipinski definition) is 1. The summed E-state index contributed by atoms with van der Waals surface area (Å²) in [5, 5.41) is 3.49. The first kappa shape index (κ1) is 8.72. The quantitative estimate of drug-likeness (QED) is 0.605. The van der Waals surface area contributed by atoms with Crippen LogP contribution in [0.1, 0.15) is 34.6 Å². The van der Waals surface area contributed by atoms with E-state index in [0.717, 1.165) is 0 Å². The van der Waals surface area contributed by atoms with Gasteiger partial charge in [0, 0.05) is 13.0 Å². The summed E-state index contributed by atoms with van der Waals surface area (Å²) in [6.45, 7) is 11.0. The van der Waals surface area contributed by atoms with E-state index in [1.165, 1.54) is 5.71 Å². The highest BCUT2D eigenvalue weighted by Crippen LogP contribution is 2.13. The molecule has 1 aliphatic heterocycles. The van der Waals surface area contributed by atoms with Crippen molar-refractivity contribution in [2.75, 3.05) is 0 Å². The molecule has 0 fully saturated rings. The lowest BCUT2D eigenvalue weighted by Crippen LogP contribution is -2.33. The minimum Gasteiger partial charge on any atom is -0.248 e. The molecule has 0 aromatic carbocycles. The van der Waals surface area contributed by atoms with Gasteiger partial charge in [-0.1, -0.05) is 0 Å². The molecular formula is C9H19N2+. The van der Waals surface area contributed by atoms with Gasteiger partial charge >= 0.3 is 0 Å². The minimum absolute atomic E-state index is 0.551. The molecule has 0 spiro atoms. The summed E-state index contributed by atoms with van der Waals surface area (Å²) in [5.41, 5.74) is 1.48. The summed E-state index contributed by atoms with van der Waals surface area (Å²) < 4.78 is 2.40. The summed E-state index contributed by atoms with van der Waals surface area (Å²) in [6, 6.07) is 1.23. The van der Waals surface area contributed by atoms with Gasteiger partial charge in [0.25, 0.3) is 6.17 Å². The van der Waals surface area contributed by atoms with E-state index < -0.39 is 0 Å². The predicted molar refractivity (Wildman–Crippen MR) is 48.1 cm³/mol. The van der Waals surface area contributed by atoms with Gasteiger partial charge in [-0.25, -0.2) is 9.89 Å². The number of nitrogens with zero attached hydrogens (tertiary/aromatic N) is 1. The van der Waals surface area contributed by atoms with Crippen LogP contribution < -0.4 is 5.32 Å². The van der Waals surface area contributed by atoms with Crippen LogP contribution in [0.15, 0.2) is 0 Å². The fourth-order valence-corrected chi connectivity index (χ4v) is 1.53. The molecule has 0 saturated carbocycles. The van der Waals surface area contributed by atoms with Crippen LogP contribution in [0.3, 0.4) is 0 Å². The highest BCUT2D eigenvalue weighted by Gasteiger charge is 2.46. The standard InChI is InChI=1S/C9H19N2/c1-6(2)10-9-8(5)11(9)7(3)4/h6-7,9-10H,1-5H3/q+1. The second-order valence-corrected chi connectivity index (χ2v) is 3.87. The second-order valence-electron chi connectivity index (χ2n) is 3.87. The van der Waals surface area contributed by atoms with E-state index in [0.29, 0.717) is 18.2 Å². The average molecular weight is 155 g/mol. The first-order chi connectivity index (χ1) is 5.04. The van der Waals surface area contributed by atoms with Crippen molar-refractivity contribution in [3.8, 4) is 0 Å². The number of hydrogen-bond donors (Lipinski definition) is 1. The molecule has 0 saturated heterocycles. The molecule has 1 aliphatic rings. The molecule has 0 aromatic rings. The van der Waals surface area contributed by atoms with Crippen LogP contribution >= 0.6 is 0 Å². The molecule has 0 aliphatic carbocycles. The molecule has 11 heavy (non-hydrogen) atoms. The molecule has 1 heterocycles. The summed E-state index contributed by atoms with van der Waals surface area (Å²) in [6.07, 6.45) is 0.551. The van der Waals surface area contributed by atoms with E-state index in [2.05, 4.69) is 44.5 Å². The van der Waals surface area contributed by atoms with Crippen molar-refractivity contribution in [3.63, 3.8) is 0 Å². The van der Waals surface area contributed by atoms with Gasteiger partial charge in [-0.3, -0.25) is 0 Å². The Kier molecular flexibility index (Phi) is 2.33.